The van der Waals surface area contributed by atoms with E-state index in [-0.39, 0.29) is 0 Å². The van der Waals surface area contributed by atoms with Crippen LogP contribution in [0.4, 0.5) is 0 Å². The van der Waals surface area contributed by atoms with Gasteiger partial charge in [-0.25, -0.2) is 4.98 Å². The third-order valence-corrected chi connectivity index (χ3v) is 4.18. The second-order valence-corrected chi connectivity index (χ2v) is 5.11. The van der Waals surface area contributed by atoms with Crippen LogP contribution < -0.4 is 4.74 Å². The zero-order valence-electron chi connectivity index (χ0n) is 10.9. The van der Waals surface area contributed by atoms with Crippen LogP contribution in [-0.2, 0) is 0 Å². The van der Waals surface area contributed by atoms with Crippen LogP contribution in [0.25, 0.3) is 10.6 Å². The molecule has 0 unspecified atom stereocenters. The Kier molecular flexibility index (Phi) is 3.35. The highest BCUT2D eigenvalue weighted by molar-refractivity contribution is 7.15. The molecule has 0 saturated heterocycles. The summed E-state index contributed by atoms with van der Waals surface area (Å²) in [6, 6.07) is 6.12. The number of rotatable bonds is 2. The van der Waals surface area contributed by atoms with Crippen LogP contribution in [0, 0.1) is 32.1 Å². The number of methoxy groups -OCH3 is 1. The number of nitrogens with zero attached hydrogens (tertiary/aromatic N) is 2. The lowest BCUT2D eigenvalue weighted by molar-refractivity contribution is 0.411. The summed E-state index contributed by atoms with van der Waals surface area (Å²) in [5.41, 5.74) is 4.13. The molecule has 18 heavy (non-hydrogen) atoms. The summed E-state index contributed by atoms with van der Waals surface area (Å²) >= 11 is 1.44. The molecule has 0 radical (unpaired) electrons. The zero-order valence-corrected chi connectivity index (χ0v) is 11.7. The summed E-state index contributed by atoms with van der Waals surface area (Å²) in [6.45, 7) is 5.95. The summed E-state index contributed by atoms with van der Waals surface area (Å²) in [5.74, 6) is 0.880. The predicted octanol–water partition coefficient (Wildman–Crippen LogP) is 3.62. The molecule has 0 atom stereocenters. The molecule has 0 saturated carbocycles. The highest BCUT2D eigenvalue weighted by Gasteiger charge is 2.13. The number of ether oxygens (including phenoxy) is 1. The molecule has 2 aromatic rings. The van der Waals surface area contributed by atoms with Gasteiger partial charge in [0.15, 0.2) is 0 Å². The standard InChI is InChI=1S/C14H14N2OS/c1-8-9(2)12(17-4)6-5-11(8)14-16-10(3)13(7-15)18-14/h5-6H,1-4H3. The molecule has 92 valence electrons. The normalized spacial score (nSPS) is 10.2. The summed E-state index contributed by atoms with van der Waals surface area (Å²) in [7, 11) is 1.67. The predicted molar refractivity (Wildman–Crippen MR) is 73.0 cm³/mol. The summed E-state index contributed by atoms with van der Waals surface area (Å²) in [4.78, 5) is 5.14. The number of thiazole rings is 1. The van der Waals surface area contributed by atoms with Crippen molar-refractivity contribution < 1.29 is 4.74 Å². The van der Waals surface area contributed by atoms with E-state index in [1.807, 2.05) is 26.0 Å². The minimum atomic E-state index is 0.679. The lowest BCUT2D eigenvalue weighted by atomic mass is 10.0. The Hall–Kier alpha value is -1.86. The van der Waals surface area contributed by atoms with Gasteiger partial charge in [-0.2, -0.15) is 5.26 Å². The Morgan fingerprint density at radius 1 is 1.22 bits per heavy atom. The first-order valence-electron chi connectivity index (χ1n) is 5.60. The quantitative estimate of drug-likeness (QED) is 0.826. The Bertz CT molecular complexity index is 638. The molecule has 2 rings (SSSR count). The Balaban J connectivity index is 2.58. The van der Waals surface area contributed by atoms with E-state index in [0.717, 1.165) is 33.1 Å². The summed E-state index contributed by atoms with van der Waals surface area (Å²) in [6.07, 6.45) is 0. The smallest absolute Gasteiger partial charge is 0.128 e. The molecule has 0 N–H and O–H groups in total. The van der Waals surface area contributed by atoms with E-state index in [1.165, 1.54) is 11.3 Å². The maximum absolute atomic E-state index is 8.99. The van der Waals surface area contributed by atoms with E-state index in [9.17, 15) is 0 Å². The van der Waals surface area contributed by atoms with Gasteiger partial charge in [-0.3, -0.25) is 0 Å². The summed E-state index contributed by atoms with van der Waals surface area (Å²) in [5, 5.41) is 9.88. The summed E-state index contributed by atoms with van der Waals surface area (Å²) < 4.78 is 5.30. The molecule has 1 aromatic heterocycles. The topological polar surface area (TPSA) is 45.9 Å². The van der Waals surface area contributed by atoms with Gasteiger partial charge in [-0.05, 0) is 44.0 Å². The molecule has 0 spiro atoms. The van der Waals surface area contributed by atoms with Crippen molar-refractivity contribution in [3.63, 3.8) is 0 Å². The molecule has 0 fully saturated rings. The number of nitriles is 1. The van der Waals surface area contributed by atoms with Crippen molar-refractivity contribution in [1.82, 2.24) is 4.98 Å². The lowest BCUT2D eigenvalue weighted by Crippen LogP contribution is -1.92. The van der Waals surface area contributed by atoms with E-state index in [0.29, 0.717) is 4.88 Å². The fourth-order valence-electron chi connectivity index (χ4n) is 1.86. The van der Waals surface area contributed by atoms with Gasteiger partial charge >= 0.3 is 0 Å². The van der Waals surface area contributed by atoms with E-state index >= 15 is 0 Å². The third-order valence-electron chi connectivity index (χ3n) is 3.09. The average molecular weight is 258 g/mol. The van der Waals surface area contributed by atoms with Crippen molar-refractivity contribution in [3.05, 3.63) is 33.8 Å². The van der Waals surface area contributed by atoms with Gasteiger partial charge < -0.3 is 4.74 Å². The van der Waals surface area contributed by atoms with Gasteiger partial charge in [0, 0.05) is 5.56 Å². The van der Waals surface area contributed by atoms with Crippen LogP contribution >= 0.6 is 11.3 Å². The fourth-order valence-corrected chi connectivity index (χ4v) is 2.81. The molecular weight excluding hydrogens is 244 g/mol. The van der Waals surface area contributed by atoms with Crippen LogP contribution in [0.1, 0.15) is 21.7 Å². The van der Waals surface area contributed by atoms with Gasteiger partial charge in [0.25, 0.3) is 0 Å². The first-order valence-corrected chi connectivity index (χ1v) is 6.42. The second-order valence-electron chi connectivity index (χ2n) is 4.11. The third kappa shape index (κ3) is 1.98. The number of hydrogen-bond acceptors (Lipinski definition) is 4. The van der Waals surface area contributed by atoms with E-state index < -0.39 is 0 Å². The fraction of sp³-hybridized carbons (Fsp3) is 0.286. The SMILES string of the molecule is COc1ccc(-c2nc(C)c(C#N)s2)c(C)c1C. The van der Waals surface area contributed by atoms with Gasteiger partial charge in [0.1, 0.15) is 21.7 Å². The van der Waals surface area contributed by atoms with E-state index in [1.54, 1.807) is 7.11 Å². The lowest BCUT2D eigenvalue weighted by Gasteiger charge is -2.10. The number of aromatic nitrogens is 1. The van der Waals surface area contributed by atoms with Crippen LogP contribution in [0.2, 0.25) is 0 Å². The molecule has 0 aliphatic rings. The largest absolute Gasteiger partial charge is 0.496 e. The molecular formula is C14H14N2OS. The number of aryl methyl sites for hydroxylation is 1. The first kappa shape index (κ1) is 12.6. The van der Waals surface area contributed by atoms with Gasteiger partial charge in [-0.15, -0.1) is 11.3 Å². The molecule has 1 heterocycles. The van der Waals surface area contributed by atoms with Crippen LogP contribution in [0.15, 0.2) is 12.1 Å². The van der Waals surface area contributed by atoms with Crippen molar-refractivity contribution in [2.45, 2.75) is 20.8 Å². The minimum Gasteiger partial charge on any atom is -0.496 e. The van der Waals surface area contributed by atoms with E-state index in [2.05, 4.69) is 18.0 Å². The van der Waals surface area contributed by atoms with Crippen molar-refractivity contribution in [3.8, 4) is 22.4 Å². The minimum absolute atomic E-state index is 0.679. The molecule has 1 aromatic carbocycles. The Morgan fingerprint density at radius 3 is 2.50 bits per heavy atom. The monoisotopic (exact) mass is 258 g/mol. The number of hydrogen-bond donors (Lipinski definition) is 0. The van der Waals surface area contributed by atoms with Crippen molar-refractivity contribution >= 4 is 11.3 Å². The van der Waals surface area contributed by atoms with Crippen molar-refractivity contribution in [1.29, 1.82) is 5.26 Å². The van der Waals surface area contributed by atoms with Crippen LogP contribution in [-0.4, -0.2) is 12.1 Å². The van der Waals surface area contributed by atoms with E-state index in [4.69, 9.17) is 10.00 Å². The maximum Gasteiger partial charge on any atom is 0.128 e. The second kappa shape index (κ2) is 4.79. The molecule has 0 aliphatic carbocycles. The average Bonchev–Trinajstić information content (AvgIpc) is 2.73. The van der Waals surface area contributed by atoms with Crippen LogP contribution in [0.3, 0.4) is 0 Å². The number of benzene rings is 1. The Morgan fingerprint density at radius 2 is 1.94 bits per heavy atom. The van der Waals surface area contributed by atoms with Gasteiger partial charge in [-0.1, -0.05) is 0 Å². The maximum atomic E-state index is 8.99. The molecule has 0 aliphatic heterocycles. The van der Waals surface area contributed by atoms with Crippen molar-refractivity contribution in [2.24, 2.45) is 0 Å². The van der Waals surface area contributed by atoms with Gasteiger partial charge in [0.05, 0.1) is 12.8 Å². The van der Waals surface area contributed by atoms with Crippen molar-refractivity contribution in [2.75, 3.05) is 7.11 Å². The van der Waals surface area contributed by atoms with Gasteiger partial charge in [0.2, 0.25) is 0 Å². The highest BCUT2D eigenvalue weighted by atomic mass is 32.1. The molecule has 4 heteroatoms. The molecule has 0 bridgehead atoms. The highest BCUT2D eigenvalue weighted by Crippen LogP contribution is 2.34. The van der Waals surface area contributed by atoms with Crippen LogP contribution in [0.5, 0.6) is 5.75 Å². The molecule has 0 amide bonds. The zero-order chi connectivity index (χ0) is 13.3. The molecule has 3 nitrogen and oxygen atoms in total. The Labute approximate surface area is 111 Å². The first-order chi connectivity index (χ1) is 8.58.